The standard InChI is InChI=1S/C7H11NO/c1-3-5-7(9)6(8)4-2/h3-5,9H,1,8H2,2H3/b6-4+,7-5+. The summed E-state index contributed by atoms with van der Waals surface area (Å²) < 4.78 is 0. The first-order chi connectivity index (χ1) is 4.22. The Bertz CT molecular complexity index is 156. The minimum Gasteiger partial charge on any atom is -0.506 e. The van der Waals surface area contributed by atoms with Crippen LogP contribution in [0.25, 0.3) is 0 Å². The first-order valence-corrected chi connectivity index (χ1v) is 2.66. The van der Waals surface area contributed by atoms with Crippen molar-refractivity contribution >= 4 is 0 Å². The third-order valence-electron chi connectivity index (χ3n) is 0.882. The Hall–Kier alpha value is -1.18. The molecule has 0 saturated heterocycles. The summed E-state index contributed by atoms with van der Waals surface area (Å²) in [6.45, 7) is 5.15. The lowest BCUT2D eigenvalue weighted by molar-refractivity contribution is 0.422. The van der Waals surface area contributed by atoms with Crippen LogP contribution in [0.15, 0.2) is 36.3 Å². The molecule has 0 heterocycles. The van der Waals surface area contributed by atoms with Gasteiger partial charge < -0.3 is 10.8 Å². The first kappa shape index (κ1) is 7.82. The molecule has 9 heavy (non-hydrogen) atoms. The smallest absolute Gasteiger partial charge is 0.138 e. The highest BCUT2D eigenvalue weighted by Gasteiger charge is 1.90. The molecule has 2 heteroatoms. The molecule has 0 rings (SSSR count). The summed E-state index contributed by atoms with van der Waals surface area (Å²) in [5.41, 5.74) is 5.67. The van der Waals surface area contributed by atoms with E-state index < -0.39 is 0 Å². The van der Waals surface area contributed by atoms with E-state index in [4.69, 9.17) is 10.8 Å². The molecule has 0 atom stereocenters. The summed E-state index contributed by atoms with van der Waals surface area (Å²) in [5.74, 6) is 0.0625. The van der Waals surface area contributed by atoms with Crippen LogP contribution >= 0.6 is 0 Å². The summed E-state index contributed by atoms with van der Waals surface area (Å²) in [4.78, 5) is 0. The van der Waals surface area contributed by atoms with Crippen molar-refractivity contribution in [1.82, 2.24) is 0 Å². The lowest BCUT2D eigenvalue weighted by Crippen LogP contribution is -1.98. The molecule has 2 nitrogen and oxygen atoms in total. The average Bonchev–Trinajstić information content (AvgIpc) is 1.87. The van der Waals surface area contributed by atoms with Crippen molar-refractivity contribution in [2.24, 2.45) is 5.73 Å². The molecule has 0 fully saturated rings. The number of nitrogens with two attached hydrogens (primary N) is 1. The monoisotopic (exact) mass is 125 g/mol. The predicted octanol–water partition coefficient (Wildman–Crippen LogP) is 1.48. The summed E-state index contributed by atoms with van der Waals surface area (Å²) in [5, 5.41) is 8.91. The van der Waals surface area contributed by atoms with E-state index in [9.17, 15) is 0 Å². The van der Waals surface area contributed by atoms with E-state index >= 15 is 0 Å². The van der Waals surface area contributed by atoms with E-state index in [0.29, 0.717) is 5.70 Å². The van der Waals surface area contributed by atoms with Gasteiger partial charge in [0.25, 0.3) is 0 Å². The van der Waals surface area contributed by atoms with Crippen molar-refractivity contribution in [1.29, 1.82) is 0 Å². The second-order valence-corrected chi connectivity index (χ2v) is 1.53. The molecular formula is C7H11NO. The molecule has 0 unspecified atom stereocenters. The average molecular weight is 125 g/mol. The summed E-state index contributed by atoms with van der Waals surface area (Å²) in [6, 6.07) is 0. The third kappa shape index (κ3) is 2.59. The van der Waals surface area contributed by atoms with Gasteiger partial charge in [-0.3, -0.25) is 0 Å². The molecule has 0 aliphatic carbocycles. The van der Waals surface area contributed by atoms with Gasteiger partial charge in [0.1, 0.15) is 5.76 Å². The Balaban J connectivity index is 4.19. The Morgan fingerprint density at radius 2 is 2.22 bits per heavy atom. The number of aliphatic hydroxyl groups is 1. The molecule has 0 aliphatic heterocycles. The Morgan fingerprint density at radius 1 is 1.67 bits per heavy atom. The first-order valence-electron chi connectivity index (χ1n) is 2.66. The zero-order valence-corrected chi connectivity index (χ0v) is 5.46. The van der Waals surface area contributed by atoms with Crippen LogP contribution in [0, 0.1) is 0 Å². The SMILES string of the molecule is C=C/C=C(O)\C(N)=C/C. The number of rotatable bonds is 2. The molecule has 0 radical (unpaired) electrons. The fourth-order valence-corrected chi connectivity index (χ4v) is 0.356. The van der Waals surface area contributed by atoms with Crippen molar-refractivity contribution in [3.63, 3.8) is 0 Å². The minimum atomic E-state index is 0.0625. The molecule has 3 N–H and O–H groups in total. The Labute approximate surface area is 55.0 Å². The lowest BCUT2D eigenvalue weighted by atomic mass is 10.3. The van der Waals surface area contributed by atoms with Gasteiger partial charge in [-0.05, 0) is 13.0 Å². The highest BCUT2D eigenvalue weighted by Crippen LogP contribution is 1.97. The minimum absolute atomic E-state index is 0.0625. The van der Waals surface area contributed by atoms with Gasteiger partial charge in [0.15, 0.2) is 0 Å². The van der Waals surface area contributed by atoms with E-state index in [1.807, 2.05) is 0 Å². The number of hydrogen-bond acceptors (Lipinski definition) is 2. The second kappa shape index (κ2) is 3.78. The molecule has 0 aromatic carbocycles. The summed E-state index contributed by atoms with van der Waals surface area (Å²) in [6.07, 6.45) is 4.54. The molecule has 0 bridgehead atoms. The highest BCUT2D eigenvalue weighted by atomic mass is 16.3. The van der Waals surface area contributed by atoms with E-state index in [2.05, 4.69) is 6.58 Å². The normalized spacial score (nSPS) is 13.4. The van der Waals surface area contributed by atoms with Gasteiger partial charge in [-0.2, -0.15) is 0 Å². The van der Waals surface area contributed by atoms with Crippen LogP contribution in [0.2, 0.25) is 0 Å². The van der Waals surface area contributed by atoms with Crippen molar-refractivity contribution in [3.05, 3.63) is 36.3 Å². The fourth-order valence-electron chi connectivity index (χ4n) is 0.356. The summed E-state index contributed by atoms with van der Waals surface area (Å²) >= 11 is 0. The van der Waals surface area contributed by atoms with E-state index in [1.54, 1.807) is 13.0 Å². The van der Waals surface area contributed by atoms with Crippen molar-refractivity contribution in [2.75, 3.05) is 0 Å². The van der Waals surface area contributed by atoms with E-state index in [1.165, 1.54) is 12.2 Å². The Morgan fingerprint density at radius 3 is 2.56 bits per heavy atom. The van der Waals surface area contributed by atoms with Gasteiger partial charge in [0.05, 0.1) is 5.70 Å². The third-order valence-corrected chi connectivity index (χ3v) is 0.882. The molecular weight excluding hydrogens is 114 g/mol. The predicted molar refractivity (Wildman–Crippen MR) is 38.9 cm³/mol. The Kier molecular flexibility index (Phi) is 3.28. The number of allylic oxidation sites excluding steroid dienone is 3. The molecule has 0 spiro atoms. The largest absolute Gasteiger partial charge is 0.506 e. The highest BCUT2D eigenvalue weighted by molar-refractivity contribution is 5.23. The van der Waals surface area contributed by atoms with E-state index in [0.717, 1.165) is 0 Å². The topological polar surface area (TPSA) is 46.2 Å². The maximum Gasteiger partial charge on any atom is 0.138 e. The van der Waals surface area contributed by atoms with Crippen LogP contribution in [-0.4, -0.2) is 5.11 Å². The maximum absolute atomic E-state index is 8.91. The molecule has 0 aromatic heterocycles. The zero-order valence-electron chi connectivity index (χ0n) is 5.46. The van der Waals surface area contributed by atoms with Crippen LogP contribution in [-0.2, 0) is 0 Å². The van der Waals surface area contributed by atoms with E-state index in [-0.39, 0.29) is 5.76 Å². The van der Waals surface area contributed by atoms with Gasteiger partial charge in [-0.25, -0.2) is 0 Å². The van der Waals surface area contributed by atoms with Crippen LogP contribution < -0.4 is 5.73 Å². The van der Waals surface area contributed by atoms with Gasteiger partial charge in [-0.1, -0.05) is 18.7 Å². The molecule has 0 aliphatic rings. The zero-order chi connectivity index (χ0) is 7.28. The van der Waals surface area contributed by atoms with Gasteiger partial charge in [-0.15, -0.1) is 0 Å². The number of aliphatic hydroxyl groups excluding tert-OH is 1. The van der Waals surface area contributed by atoms with Crippen LogP contribution in [0.1, 0.15) is 6.92 Å². The van der Waals surface area contributed by atoms with Gasteiger partial charge in [0.2, 0.25) is 0 Å². The number of hydrogen-bond donors (Lipinski definition) is 2. The van der Waals surface area contributed by atoms with Crippen molar-refractivity contribution < 1.29 is 5.11 Å². The summed E-state index contributed by atoms with van der Waals surface area (Å²) in [7, 11) is 0. The van der Waals surface area contributed by atoms with Crippen molar-refractivity contribution in [2.45, 2.75) is 6.92 Å². The van der Waals surface area contributed by atoms with Crippen LogP contribution in [0.3, 0.4) is 0 Å². The van der Waals surface area contributed by atoms with Gasteiger partial charge in [0, 0.05) is 0 Å². The lowest BCUT2D eigenvalue weighted by Gasteiger charge is -1.94. The molecule has 0 saturated carbocycles. The van der Waals surface area contributed by atoms with Crippen LogP contribution in [0.5, 0.6) is 0 Å². The maximum atomic E-state index is 8.91. The quantitative estimate of drug-likeness (QED) is 0.433. The molecule has 50 valence electrons. The van der Waals surface area contributed by atoms with Gasteiger partial charge >= 0.3 is 0 Å². The molecule has 0 aromatic rings. The molecule has 0 amide bonds. The second-order valence-electron chi connectivity index (χ2n) is 1.53. The fraction of sp³-hybridized carbons (Fsp3) is 0.143. The van der Waals surface area contributed by atoms with Crippen LogP contribution in [0.4, 0.5) is 0 Å². The van der Waals surface area contributed by atoms with Crippen molar-refractivity contribution in [3.8, 4) is 0 Å².